The van der Waals surface area contributed by atoms with E-state index in [1.807, 2.05) is 12.1 Å². The summed E-state index contributed by atoms with van der Waals surface area (Å²) in [6, 6.07) is 6.97. The molecular formula is C14H20N2O4. The van der Waals surface area contributed by atoms with Crippen molar-refractivity contribution in [3.8, 4) is 0 Å². The topological polar surface area (TPSA) is 107 Å². The van der Waals surface area contributed by atoms with Crippen LogP contribution in [0.15, 0.2) is 24.3 Å². The Bertz CT molecular complexity index is 455. The molecule has 0 radical (unpaired) electrons. The van der Waals surface area contributed by atoms with E-state index in [1.165, 1.54) is 0 Å². The van der Waals surface area contributed by atoms with Gasteiger partial charge < -0.3 is 26.0 Å². The maximum atomic E-state index is 10.8. The summed E-state index contributed by atoms with van der Waals surface area (Å²) in [6.07, 6.45) is -1.66. The highest BCUT2D eigenvalue weighted by Crippen LogP contribution is 2.23. The highest BCUT2D eigenvalue weighted by molar-refractivity contribution is 5.79. The molecule has 1 aliphatic heterocycles. The smallest absolute Gasteiger partial charge is 0.249 e. The monoisotopic (exact) mass is 280 g/mol. The molecule has 0 aromatic heterocycles. The summed E-state index contributed by atoms with van der Waals surface area (Å²) in [5.74, 6) is -0.952. The third-order valence-corrected chi connectivity index (χ3v) is 3.65. The maximum Gasteiger partial charge on any atom is 0.249 e. The van der Waals surface area contributed by atoms with Gasteiger partial charge in [0.25, 0.3) is 0 Å². The van der Waals surface area contributed by atoms with Crippen LogP contribution in [-0.2, 0) is 4.79 Å². The van der Waals surface area contributed by atoms with Crippen molar-refractivity contribution in [3.63, 3.8) is 0 Å². The van der Waals surface area contributed by atoms with Gasteiger partial charge in [0.15, 0.2) is 6.10 Å². The summed E-state index contributed by atoms with van der Waals surface area (Å²) < 4.78 is 0. The lowest BCUT2D eigenvalue weighted by Crippen LogP contribution is -2.36. The normalized spacial score (nSPS) is 19.6. The highest BCUT2D eigenvalue weighted by atomic mass is 16.3. The van der Waals surface area contributed by atoms with E-state index >= 15 is 0 Å². The Morgan fingerprint density at radius 2 is 1.75 bits per heavy atom. The molecule has 0 bridgehead atoms. The molecule has 1 heterocycles. The second-order valence-corrected chi connectivity index (χ2v) is 5.10. The second kappa shape index (κ2) is 6.21. The van der Waals surface area contributed by atoms with Crippen molar-refractivity contribution in [1.82, 2.24) is 0 Å². The molecule has 0 saturated carbocycles. The lowest BCUT2D eigenvalue weighted by molar-refractivity contribution is -0.131. The summed E-state index contributed by atoms with van der Waals surface area (Å²) in [5, 5.41) is 28.7. The molecule has 110 valence electrons. The van der Waals surface area contributed by atoms with Crippen LogP contribution in [0.5, 0.6) is 0 Å². The third-order valence-electron chi connectivity index (χ3n) is 3.65. The first-order valence-corrected chi connectivity index (χ1v) is 6.67. The molecule has 1 fully saturated rings. The van der Waals surface area contributed by atoms with Gasteiger partial charge in [0, 0.05) is 18.8 Å². The average molecular weight is 280 g/mol. The Hall–Kier alpha value is -1.63. The molecule has 6 nitrogen and oxygen atoms in total. The fourth-order valence-electron chi connectivity index (χ4n) is 2.34. The van der Waals surface area contributed by atoms with Crippen molar-refractivity contribution in [2.24, 2.45) is 5.73 Å². The Morgan fingerprint density at radius 1 is 1.20 bits per heavy atom. The van der Waals surface area contributed by atoms with E-state index in [9.17, 15) is 20.1 Å². The summed E-state index contributed by atoms with van der Waals surface area (Å²) >= 11 is 0. The quantitative estimate of drug-likeness (QED) is 0.596. The summed E-state index contributed by atoms with van der Waals surface area (Å²) in [4.78, 5) is 13.0. The predicted octanol–water partition coefficient (Wildman–Crippen LogP) is -0.473. The molecule has 1 aromatic carbocycles. The molecule has 2 atom stereocenters. The fourth-order valence-corrected chi connectivity index (χ4v) is 2.34. The van der Waals surface area contributed by atoms with Crippen molar-refractivity contribution in [3.05, 3.63) is 29.8 Å². The van der Waals surface area contributed by atoms with Crippen LogP contribution in [0.3, 0.4) is 0 Å². The molecule has 1 aliphatic rings. The Kier molecular flexibility index (Phi) is 4.59. The van der Waals surface area contributed by atoms with Gasteiger partial charge in [-0.2, -0.15) is 0 Å². The van der Waals surface area contributed by atoms with Gasteiger partial charge in [0.1, 0.15) is 6.10 Å². The number of aliphatic hydroxyl groups is 3. The van der Waals surface area contributed by atoms with Crippen LogP contribution < -0.4 is 10.6 Å². The molecule has 2 unspecified atom stereocenters. The van der Waals surface area contributed by atoms with Crippen molar-refractivity contribution >= 4 is 11.6 Å². The number of primary amides is 1. The third kappa shape index (κ3) is 3.27. The number of amides is 1. The lowest BCUT2D eigenvalue weighted by Gasteiger charge is -2.31. The fraction of sp³-hybridized carbons (Fsp3) is 0.500. The van der Waals surface area contributed by atoms with E-state index < -0.39 is 18.1 Å². The van der Waals surface area contributed by atoms with Crippen molar-refractivity contribution in [2.75, 3.05) is 18.0 Å². The molecule has 1 amide bonds. The van der Waals surface area contributed by atoms with Gasteiger partial charge in [-0.3, -0.25) is 4.79 Å². The van der Waals surface area contributed by atoms with E-state index in [1.54, 1.807) is 12.1 Å². The highest BCUT2D eigenvalue weighted by Gasteiger charge is 2.23. The summed E-state index contributed by atoms with van der Waals surface area (Å²) in [7, 11) is 0. The van der Waals surface area contributed by atoms with Gasteiger partial charge in [0.2, 0.25) is 5.91 Å². The van der Waals surface area contributed by atoms with Gasteiger partial charge in [-0.15, -0.1) is 0 Å². The number of carbonyl (C=O) groups excluding carboxylic acids is 1. The van der Waals surface area contributed by atoms with Crippen LogP contribution in [0, 0.1) is 0 Å². The zero-order valence-electron chi connectivity index (χ0n) is 11.1. The lowest BCUT2D eigenvalue weighted by atomic mass is 10.0. The number of anilines is 1. The first-order valence-electron chi connectivity index (χ1n) is 6.67. The zero-order valence-corrected chi connectivity index (χ0v) is 11.1. The van der Waals surface area contributed by atoms with E-state index in [0.29, 0.717) is 5.56 Å². The van der Waals surface area contributed by atoms with Crippen molar-refractivity contribution in [1.29, 1.82) is 0 Å². The molecule has 1 aromatic rings. The number of rotatable bonds is 4. The van der Waals surface area contributed by atoms with Crippen LogP contribution in [0.1, 0.15) is 24.5 Å². The molecule has 0 spiro atoms. The van der Waals surface area contributed by atoms with Crippen LogP contribution in [-0.4, -0.2) is 46.5 Å². The number of nitrogens with zero attached hydrogens (tertiary/aromatic N) is 1. The zero-order chi connectivity index (χ0) is 14.7. The number of aliphatic hydroxyl groups excluding tert-OH is 3. The molecule has 0 aliphatic carbocycles. The van der Waals surface area contributed by atoms with Crippen molar-refractivity contribution < 1.29 is 20.1 Å². The first-order chi connectivity index (χ1) is 9.49. The molecule has 5 N–H and O–H groups in total. The minimum Gasteiger partial charge on any atom is -0.393 e. The minimum absolute atomic E-state index is 0.224. The van der Waals surface area contributed by atoms with E-state index in [2.05, 4.69) is 4.90 Å². The number of piperidine rings is 1. The number of nitrogens with two attached hydrogens (primary N) is 1. The van der Waals surface area contributed by atoms with Gasteiger partial charge in [-0.25, -0.2) is 0 Å². The van der Waals surface area contributed by atoms with E-state index in [0.717, 1.165) is 31.6 Å². The second-order valence-electron chi connectivity index (χ2n) is 5.10. The SMILES string of the molecule is NC(=O)C(O)C(O)c1ccc(N2CCC(O)CC2)cc1. The predicted molar refractivity (Wildman–Crippen MR) is 74.1 cm³/mol. The van der Waals surface area contributed by atoms with Crippen LogP contribution in [0.2, 0.25) is 0 Å². The maximum absolute atomic E-state index is 10.8. The summed E-state index contributed by atoms with van der Waals surface area (Å²) in [5.41, 5.74) is 6.38. The minimum atomic E-state index is -1.61. The van der Waals surface area contributed by atoms with Crippen LogP contribution in [0.4, 0.5) is 5.69 Å². The molecule has 2 rings (SSSR count). The largest absolute Gasteiger partial charge is 0.393 e. The van der Waals surface area contributed by atoms with Gasteiger partial charge in [0.05, 0.1) is 6.10 Å². The Labute approximate surface area is 117 Å². The Balaban J connectivity index is 2.04. The van der Waals surface area contributed by atoms with Gasteiger partial charge in [-0.1, -0.05) is 12.1 Å². The number of hydrogen-bond donors (Lipinski definition) is 4. The van der Waals surface area contributed by atoms with Crippen LogP contribution >= 0.6 is 0 Å². The van der Waals surface area contributed by atoms with Gasteiger partial charge >= 0.3 is 0 Å². The Morgan fingerprint density at radius 3 is 2.25 bits per heavy atom. The molecule has 6 heteroatoms. The standard InChI is InChI=1S/C14H20N2O4/c15-14(20)13(19)12(18)9-1-3-10(4-2-9)16-7-5-11(17)6-8-16/h1-4,11-13,17-19H,5-8H2,(H2,15,20). The molecule has 20 heavy (non-hydrogen) atoms. The van der Waals surface area contributed by atoms with E-state index in [-0.39, 0.29) is 6.10 Å². The first kappa shape index (κ1) is 14.8. The number of carbonyl (C=O) groups is 1. The molecular weight excluding hydrogens is 260 g/mol. The average Bonchev–Trinajstić information content (AvgIpc) is 2.46. The number of benzene rings is 1. The summed E-state index contributed by atoms with van der Waals surface area (Å²) in [6.45, 7) is 1.57. The van der Waals surface area contributed by atoms with Crippen LogP contribution in [0.25, 0.3) is 0 Å². The number of hydrogen-bond acceptors (Lipinski definition) is 5. The van der Waals surface area contributed by atoms with E-state index in [4.69, 9.17) is 5.73 Å². The van der Waals surface area contributed by atoms with Crippen molar-refractivity contribution in [2.45, 2.75) is 31.2 Å². The van der Waals surface area contributed by atoms with Gasteiger partial charge in [-0.05, 0) is 30.5 Å². The molecule has 1 saturated heterocycles.